The molecule has 2 N–H and O–H groups in total. The third kappa shape index (κ3) is 3.11. The molecule has 0 amide bonds. The second kappa shape index (κ2) is 6.25. The van der Waals surface area contributed by atoms with Crippen LogP contribution in [0, 0.1) is 0 Å². The van der Waals surface area contributed by atoms with Gasteiger partial charge in [-0.25, -0.2) is 0 Å². The van der Waals surface area contributed by atoms with Gasteiger partial charge in [0.1, 0.15) is 5.75 Å². The van der Waals surface area contributed by atoms with Crippen LogP contribution in [-0.4, -0.2) is 11.6 Å². The Morgan fingerprint density at radius 3 is 2.75 bits per heavy atom. The van der Waals surface area contributed by atoms with Gasteiger partial charge in [0, 0.05) is 11.2 Å². The molecule has 3 nitrogen and oxygen atoms in total. The van der Waals surface area contributed by atoms with Crippen LogP contribution in [0.5, 0.6) is 5.75 Å². The molecule has 20 heavy (non-hydrogen) atoms. The highest BCUT2D eigenvalue weighted by Crippen LogP contribution is 2.32. The molecule has 0 aliphatic heterocycles. The molecule has 2 rings (SSSR count). The quantitative estimate of drug-likeness (QED) is 0.912. The summed E-state index contributed by atoms with van der Waals surface area (Å²) in [4.78, 5) is 4.21. The van der Waals surface area contributed by atoms with Gasteiger partial charge in [0.05, 0.1) is 18.3 Å². The zero-order valence-electron chi connectivity index (χ0n) is 11.8. The summed E-state index contributed by atoms with van der Waals surface area (Å²) in [5.74, 6) is 0.730. The molecule has 0 aliphatic carbocycles. The molecule has 0 aliphatic rings. The zero-order chi connectivity index (χ0) is 14.6. The Kier molecular flexibility index (Phi) is 4.63. The predicted molar refractivity (Wildman–Crippen MR) is 82.1 cm³/mol. The van der Waals surface area contributed by atoms with E-state index in [-0.39, 0.29) is 0 Å². The molecule has 1 aromatic carbocycles. The van der Waals surface area contributed by atoms with Crippen molar-refractivity contribution in [1.29, 1.82) is 0 Å². The van der Waals surface area contributed by atoms with E-state index in [4.69, 9.17) is 22.1 Å². The molecular weight excluding hydrogens is 272 g/mol. The van der Waals surface area contributed by atoms with E-state index >= 15 is 0 Å². The summed E-state index contributed by atoms with van der Waals surface area (Å²) >= 11 is 6.25. The van der Waals surface area contributed by atoms with Crippen molar-refractivity contribution in [3.8, 4) is 5.75 Å². The molecule has 0 fully saturated rings. The maximum Gasteiger partial charge on any atom is 0.137 e. The molecule has 0 saturated heterocycles. The largest absolute Gasteiger partial charge is 0.492 e. The Bertz CT molecular complexity index is 584. The number of nitrogens with two attached hydrogens (primary N) is 1. The maximum atomic E-state index is 6.48. The van der Waals surface area contributed by atoms with E-state index in [9.17, 15) is 0 Å². The lowest BCUT2D eigenvalue weighted by Gasteiger charge is -2.27. The van der Waals surface area contributed by atoms with Gasteiger partial charge >= 0.3 is 0 Å². The van der Waals surface area contributed by atoms with Crippen LogP contribution < -0.4 is 10.5 Å². The number of nitrogens with zero attached hydrogens (tertiary/aromatic N) is 1. The van der Waals surface area contributed by atoms with Crippen molar-refractivity contribution in [2.75, 3.05) is 6.61 Å². The average Bonchev–Trinajstić information content (AvgIpc) is 2.45. The molecule has 0 bridgehead atoms. The van der Waals surface area contributed by atoms with Gasteiger partial charge in [-0.2, -0.15) is 0 Å². The van der Waals surface area contributed by atoms with Crippen LogP contribution in [0.1, 0.15) is 31.4 Å². The first-order valence-corrected chi connectivity index (χ1v) is 7.05. The van der Waals surface area contributed by atoms with Crippen LogP contribution in [0.2, 0.25) is 5.02 Å². The third-order valence-electron chi connectivity index (χ3n) is 3.22. The molecule has 106 valence electrons. The molecule has 1 heterocycles. The molecule has 0 radical (unpaired) electrons. The van der Waals surface area contributed by atoms with E-state index in [2.05, 4.69) is 11.9 Å². The molecular formula is C16H19ClN2O. The van der Waals surface area contributed by atoms with E-state index in [1.165, 1.54) is 0 Å². The Morgan fingerprint density at radius 1 is 1.30 bits per heavy atom. The summed E-state index contributed by atoms with van der Waals surface area (Å²) in [6.07, 6.45) is 4.40. The first-order chi connectivity index (χ1) is 9.55. The van der Waals surface area contributed by atoms with Crippen molar-refractivity contribution in [2.24, 2.45) is 5.73 Å². The SMILES string of the molecule is CCCOc1cncc(C(C)(N)c2ccccc2Cl)c1. The second-order valence-electron chi connectivity index (χ2n) is 4.94. The maximum absolute atomic E-state index is 6.48. The number of rotatable bonds is 5. The molecule has 1 unspecified atom stereocenters. The van der Waals surface area contributed by atoms with E-state index < -0.39 is 5.54 Å². The fourth-order valence-electron chi connectivity index (χ4n) is 2.04. The van der Waals surface area contributed by atoms with Crippen molar-refractivity contribution in [2.45, 2.75) is 25.8 Å². The summed E-state index contributed by atoms with van der Waals surface area (Å²) < 4.78 is 5.61. The van der Waals surface area contributed by atoms with Crippen LogP contribution in [0.25, 0.3) is 0 Å². The minimum absolute atomic E-state index is 0.650. The smallest absolute Gasteiger partial charge is 0.137 e. The topological polar surface area (TPSA) is 48.1 Å². The summed E-state index contributed by atoms with van der Waals surface area (Å²) in [6, 6.07) is 9.51. The lowest BCUT2D eigenvalue weighted by atomic mass is 9.86. The summed E-state index contributed by atoms with van der Waals surface area (Å²) in [6.45, 7) is 4.65. The average molecular weight is 291 g/mol. The minimum Gasteiger partial charge on any atom is -0.492 e. The van der Waals surface area contributed by atoms with Gasteiger partial charge in [0.15, 0.2) is 0 Å². The zero-order valence-corrected chi connectivity index (χ0v) is 12.5. The number of halogens is 1. The monoisotopic (exact) mass is 290 g/mol. The molecule has 2 aromatic rings. The first-order valence-electron chi connectivity index (χ1n) is 6.68. The number of benzene rings is 1. The first kappa shape index (κ1) is 14.8. The Morgan fingerprint density at radius 2 is 2.05 bits per heavy atom. The van der Waals surface area contributed by atoms with Crippen LogP contribution in [0.15, 0.2) is 42.7 Å². The van der Waals surface area contributed by atoms with Gasteiger partial charge in [0.25, 0.3) is 0 Å². The van der Waals surface area contributed by atoms with Gasteiger partial charge in [-0.1, -0.05) is 36.7 Å². The lowest BCUT2D eigenvalue weighted by Crippen LogP contribution is -2.34. The van der Waals surface area contributed by atoms with E-state index in [1.54, 1.807) is 12.4 Å². The summed E-state index contributed by atoms with van der Waals surface area (Å²) in [5, 5.41) is 0.650. The number of hydrogen-bond donors (Lipinski definition) is 1. The molecule has 1 aromatic heterocycles. The van der Waals surface area contributed by atoms with Crippen LogP contribution in [0.4, 0.5) is 0 Å². The van der Waals surface area contributed by atoms with Gasteiger partial charge in [-0.05, 0) is 36.6 Å². The predicted octanol–water partition coefficient (Wildman–Crippen LogP) is 3.75. The van der Waals surface area contributed by atoms with Crippen molar-refractivity contribution in [1.82, 2.24) is 4.98 Å². The Balaban J connectivity index is 2.36. The van der Waals surface area contributed by atoms with Gasteiger partial charge in [0.2, 0.25) is 0 Å². The summed E-state index contributed by atoms with van der Waals surface area (Å²) in [7, 11) is 0. The number of pyridine rings is 1. The molecule has 0 saturated carbocycles. The Hall–Kier alpha value is -1.58. The summed E-state index contributed by atoms with van der Waals surface area (Å²) in [5.41, 5.74) is 7.51. The van der Waals surface area contributed by atoms with Gasteiger partial charge in [-0.15, -0.1) is 0 Å². The third-order valence-corrected chi connectivity index (χ3v) is 3.55. The van der Waals surface area contributed by atoms with Crippen molar-refractivity contribution in [3.63, 3.8) is 0 Å². The molecule has 4 heteroatoms. The second-order valence-corrected chi connectivity index (χ2v) is 5.35. The number of ether oxygens (including phenoxy) is 1. The highest BCUT2D eigenvalue weighted by molar-refractivity contribution is 6.31. The molecule has 1 atom stereocenters. The van der Waals surface area contributed by atoms with Crippen LogP contribution in [-0.2, 0) is 5.54 Å². The van der Waals surface area contributed by atoms with Crippen LogP contribution in [0.3, 0.4) is 0 Å². The van der Waals surface area contributed by atoms with Gasteiger partial charge in [-0.3, -0.25) is 4.98 Å². The van der Waals surface area contributed by atoms with Crippen LogP contribution >= 0.6 is 11.6 Å². The fraction of sp³-hybridized carbons (Fsp3) is 0.312. The highest BCUT2D eigenvalue weighted by atomic mass is 35.5. The molecule has 0 spiro atoms. The van der Waals surface area contributed by atoms with Gasteiger partial charge < -0.3 is 10.5 Å². The number of aromatic nitrogens is 1. The lowest BCUT2D eigenvalue weighted by molar-refractivity contribution is 0.315. The minimum atomic E-state index is -0.711. The van der Waals surface area contributed by atoms with E-state index in [0.717, 1.165) is 23.3 Å². The van der Waals surface area contributed by atoms with E-state index in [1.807, 2.05) is 37.3 Å². The Labute approximate surface area is 124 Å². The van der Waals surface area contributed by atoms with E-state index in [0.29, 0.717) is 11.6 Å². The normalized spacial score (nSPS) is 13.8. The number of hydrogen-bond acceptors (Lipinski definition) is 3. The van der Waals surface area contributed by atoms with Crippen molar-refractivity contribution in [3.05, 3.63) is 58.9 Å². The fourth-order valence-corrected chi connectivity index (χ4v) is 2.37. The highest BCUT2D eigenvalue weighted by Gasteiger charge is 2.26. The van der Waals surface area contributed by atoms with Crippen molar-refractivity contribution >= 4 is 11.6 Å². The van der Waals surface area contributed by atoms with Crippen molar-refractivity contribution < 1.29 is 4.74 Å². The standard InChI is InChI=1S/C16H19ClN2O/c1-3-8-20-13-9-12(10-19-11-13)16(2,18)14-6-4-5-7-15(14)17/h4-7,9-11H,3,8,18H2,1-2H3.